The van der Waals surface area contributed by atoms with Crippen LogP contribution in [-0.2, 0) is 14.3 Å². The standard InChI is InChI=1S/C31H35F2N5O5S/c1-29(2,3)42-27(40)37(28(41)43-30(4,5)6)17-10-15-31(21-11-8-7-9-12-21)38(26(39)36-18-16-34-20-36)35-25(44-31)23-19-22(32)13-14-24(23)33/h7-9,11-14,16,18-20H,10,15,17H2,1-6H3. The number of benzene rings is 2. The molecule has 3 aromatic rings. The maximum atomic E-state index is 15.0. The van der Waals surface area contributed by atoms with E-state index in [2.05, 4.69) is 10.1 Å². The number of imide groups is 1. The van der Waals surface area contributed by atoms with Crippen molar-refractivity contribution in [1.82, 2.24) is 19.5 Å². The Bertz CT molecular complexity index is 1510. The van der Waals surface area contributed by atoms with Crippen molar-refractivity contribution in [3.63, 3.8) is 0 Å². The van der Waals surface area contributed by atoms with Crippen LogP contribution in [-0.4, -0.2) is 60.5 Å². The average Bonchev–Trinajstić information content (AvgIpc) is 3.60. The molecule has 0 saturated heterocycles. The summed E-state index contributed by atoms with van der Waals surface area (Å²) in [6, 6.07) is 11.4. The quantitative estimate of drug-likeness (QED) is 0.281. The molecule has 0 radical (unpaired) electrons. The van der Waals surface area contributed by atoms with Gasteiger partial charge in [-0.25, -0.2) is 33.0 Å². The minimum Gasteiger partial charge on any atom is -0.443 e. The van der Waals surface area contributed by atoms with Gasteiger partial charge in [-0.2, -0.15) is 10.1 Å². The molecular weight excluding hydrogens is 592 g/mol. The van der Waals surface area contributed by atoms with Crippen LogP contribution in [0, 0.1) is 11.6 Å². The Morgan fingerprint density at radius 2 is 1.59 bits per heavy atom. The molecule has 4 rings (SSSR count). The molecule has 2 heterocycles. The first-order valence-electron chi connectivity index (χ1n) is 13.9. The maximum Gasteiger partial charge on any atom is 0.419 e. The van der Waals surface area contributed by atoms with Crippen LogP contribution in [0.15, 0.2) is 72.4 Å². The van der Waals surface area contributed by atoms with Crippen molar-refractivity contribution in [2.24, 2.45) is 5.10 Å². The van der Waals surface area contributed by atoms with E-state index < -0.39 is 45.9 Å². The lowest BCUT2D eigenvalue weighted by atomic mass is 10.00. The molecule has 0 spiro atoms. The van der Waals surface area contributed by atoms with E-state index in [0.717, 1.165) is 34.9 Å². The second-order valence-electron chi connectivity index (χ2n) is 12.1. The largest absolute Gasteiger partial charge is 0.443 e. The number of hydrogen-bond donors (Lipinski definition) is 0. The Balaban J connectivity index is 1.74. The Hall–Kier alpha value is -4.26. The smallest absolute Gasteiger partial charge is 0.419 e. The number of carbonyl (C=O) groups excluding carboxylic acids is 3. The highest BCUT2D eigenvalue weighted by molar-refractivity contribution is 8.15. The minimum absolute atomic E-state index is 0.0791. The fraction of sp³-hybridized carbons (Fsp3) is 0.387. The van der Waals surface area contributed by atoms with Crippen LogP contribution in [0.1, 0.15) is 65.5 Å². The Morgan fingerprint density at radius 1 is 0.955 bits per heavy atom. The summed E-state index contributed by atoms with van der Waals surface area (Å²) < 4.78 is 41.4. The van der Waals surface area contributed by atoms with Crippen LogP contribution in [0.25, 0.3) is 0 Å². The number of halogens is 2. The molecule has 0 aliphatic carbocycles. The first kappa shape index (κ1) is 32.6. The predicted octanol–water partition coefficient (Wildman–Crippen LogP) is 7.35. The first-order chi connectivity index (χ1) is 20.6. The molecular formula is C31H35F2N5O5S. The van der Waals surface area contributed by atoms with Crippen LogP contribution in [0.2, 0.25) is 0 Å². The molecule has 3 amide bonds. The van der Waals surface area contributed by atoms with Crippen LogP contribution < -0.4 is 0 Å². The summed E-state index contributed by atoms with van der Waals surface area (Å²) in [6.45, 7) is 9.96. The number of carbonyl (C=O) groups is 3. The van der Waals surface area contributed by atoms with E-state index in [0.29, 0.717) is 5.56 Å². The van der Waals surface area contributed by atoms with Gasteiger partial charge in [0.05, 0.1) is 0 Å². The highest BCUT2D eigenvalue weighted by Crippen LogP contribution is 2.51. The van der Waals surface area contributed by atoms with Crippen LogP contribution in [0.4, 0.5) is 23.2 Å². The summed E-state index contributed by atoms with van der Waals surface area (Å²) in [5.41, 5.74) is -1.23. The molecule has 0 saturated carbocycles. The van der Waals surface area contributed by atoms with Crippen molar-refractivity contribution < 1.29 is 32.6 Å². The summed E-state index contributed by atoms with van der Waals surface area (Å²) in [5.74, 6) is -1.38. The van der Waals surface area contributed by atoms with Gasteiger partial charge in [0.1, 0.15) is 39.1 Å². The maximum absolute atomic E-state index is 15.0. The van der Waals surface area contributed by atoms with Gasteiger partial charge in [0.15, 0.2) is 0 Å². The summed E-state index contributed by atoms with van der Waals surface area (Å²) in [6.07, 6.45) is 2.71. The van der Waals surface area contributed by atoms with Gasteiger partial charge in [0.2, 0.25) is 0 Å². The van der Waals surface area contributed by atoms with Gasteiger partial charge >= 0.3 is 18.2 Å². The predicted molar refractivity (Wildman–Crippen MR) is 162 cm³/mol. The van der Waals surface area contributed by atoms with Gasteiger partial charge in [-0.15, -0.1) is 0 Å². The average molecular weight is 628 g/mol. The molecule has 0 bridgehead atoms. The van der Waals surface area contributed by atoms with Crippen molar-refractivity contribution >= 4 is 35.0 Å². The van der Waals surface area contributed by atoms with Gasteiger partial charge in [0, 0.05) is 24.5 Å². The third kappa shape index (κ3) is 7.62. The molecule has 1 atom stereocenters. The molecule has 2 aromatic carbocycles. The number of rotatable bonds is 6. The first-order valence-corrected chi connectivity index (χ1v) is 14.8. The van der Waals surface area contributed by atoms with E-state index in [-0.39, 0.29) is 30.0 Å². The van der Waals surface area contributed by atoms with Crippen LogP contribution >= 0.6 is 11.8 Å². The van der Waals surface area contributed by atoms with Crippen molar-refractivity contribution in [3.8, 4) is 0 Å². The van der Waals surface area contributed by atoms with Gasteiger partial charge < -0.3 is 9.47 Å². The molecule has 44 heavy (non-hydrogen) atoms. The van der Waals surface area contributed by atoms with Gasteiger partial charge in [-0.1, -0.05) is 42.1 Å². The second kappa shape index (κ2) is 12.8. The third-order valence-electron chi connectivity index (χ3n) is 6.21. The summed E-state index contributed by atoms with van der Waals surface area (Å²) in [7, 11) is 0. The van der Waals surface area contributed by atoms with E-state index in [1.54, 1.807) is 71.9 Å². The molecule has 13 heteroatoms. The van der Waals surface area contributed by atoms with Gasteiger partial charge in [-0.05, 0) is 78.1 Å². The number of ether oxygens (including phenoxy) is 2. The number of nitrogens with zero attached hydrogens (tertiary/aromatic N) is 5. The number of thioether (sulfide) groups is 1. The third-order valence-corrected chi connectivity index (χ3v) is 7.66. The molecule has 1 aliphatic heterocycles. The SMILES string of the molecule is CC(C)(C)OC(=O)N(CCCC1(c2ccccc2)SC(c2cc(F)ccc2F)=NN1C(=O)n1ccnc1)C(=O)OC(C)(C)C. The molecule has 1 unspecified atom stereocenters. The normalized spacial score (nSPS) is 16.8. The summed E-state index contributed by atoms with van der Waals surface area (Å²) in [5, 5.41) is 5.81. The lowest BCUT2D eigenvalue weighted by molar-refractivity contribution is 0.000741. The minimum atomic E-state index is -1.29. The lowest BCUT2D eigenvalue weighted by Gasteiger charge is -2.36. The molecule has 0 fully saturated rings. The number of hydrogen-bond acceptors (Lipinski definition) is 8. The number of aromatic nitrogens is 2. The highest BCUT2D eigenvalue weighted by Gasteiger charge is 2.49. The zero-order valence-corrected chi connectivity index (χ0v) is 26.2. The Morgan fingerprint density at radius 3 is 2.16 bits per heavy atom. The number of hydrazone groups is 1. The van der Waals surface area contributed by atoms with Crippen molar-refractivity contribution in [1.29, 1.82) is 0 Å². The van der Waals surface area contributed by atoms with Crippen molar-refractivity contribution in [3.05, 3.63) is 90.0 Å². The topological polar surface area (TPSA) is 106 Å². The summed E-state index contributed by atoms with van der Waals surface area (Å²) in [4.78, 5) is 43.6. The zero-order valence-electron chi connectivity index (χ0n) is 25.4. The second-order valence-corrected chi connectivity index (χ2v) is 13.3. The fourth-order valence-electron chi connectivity index (χ4n) is 4.39. The van der Waals surface area contributed by atoms with Gasteiger partial charge in [-0.3, -0.25) is 4.57 Å². The highest BCUT2D eigenvalue weighted by atomic mass is 32.2. The van der Waals surface area contributed by atoms with E-state index in [9.17, 15) is 23.2 Å². The molecule has 234 valence electrons. The van der Waals surface area contributed by atoms with E-state index in [4.69, 9.17) is 9.47 Å². The van der Waals surface area contributed by atoms with Gasteiger partial charge in [0.25, 0.3) is 0 Å². The monoisotopic (exact) mass is 627 g/mol. The Labute approximate surface area is 259 Å². The molecule has 1 aliphatic rings. The molecule has 0 N–H and O–H groups in total. The van der Waals surface area contributed by atoms with E-state index in [1.165, 1.54) is 28.3 Å². The number of amides is 3. The van der Waals surface area contributed by atoms with Crippen molar-refractivity contribution in [2.45, 2.75) is 70.5 Å². The molecule has 1 aromatic heterocycles. The van der Waals surface area contributed by atoms with Crippen LogP contribution in [0.5, 0.6) is 0 Å². The fourth-order valence-corrected chi connectivity index (χ4v) is 5.81. The van der Waals surface area contributed by atoms with Crippen molar-refractivity contribution in [2.75, 3.05) is 6.54 Å². The number of imidazole rings is 1. The lowest BCUT2D eigenvalue weighted by Crippen LogP contribution is -2.46. The van der Waals surface area contributed by atoms with E-state index in [1.807, 2.05) is 0 Å². The van der Waals surface area contributed by atoms with Crippen LogP contribution in [0.3, 0.4) is 0 Å². The summed E-state index contributed by atoms with van der Waals surface area (Å²) >= 11 is 1.07. The van der Waals surface area contributed by atoms with E-state index >= 15 is 0 Å². The Kier molecular flexibility index (Phi) is 9.47. The zero-order chi connectivity index (χ0) is 32.3. The molecule has 10 nitrogen and oxygen atoms in total.